The van der Waals surface area contributed by atoms with Crippen LogP contribution in [0.4, 0.5) is 8.78 Å². The molecule has 0 saturated heterocycles. The molecule has 4 nitrogen and oxygen atoms in total. The molecule has 0 aliphatic rings. The van der Waals surface area contributed by atoms with Crippen LogP contribution in [0.5, 0.6) is 0 Å². The molecule has 0 N–H and O–H groups in total. The number of hydrogen-bond acceptors (Lipinski definition) is 3. The first-order chi connectivity index (χ1) is 12.5. The number of fused-ring (bicyclic) bond motifs is 1. The van der Waals surface area contributed by atoms with Crippen molar-refractivity contribution in [1.82, 2.24) is 14.2 Å². The number of nitrogens with zero attached hydrogens (tertiary/aromatic N) is 3. The molecule has 2 heterocycles. The number of halogens is 3. The van der Waals surface area contributed by atoms with Gasteiger partial charge >= 0.3 is 0 Å². The molecule has 0 aliphatic carbocycles. The zero-order valence-corrected chi connectivity index (χ0v) is 14.6. The van der Waals surface area contributed by atoms with Crippen molar-refractivity contribution in [2.45, 2.75) is 9.92 Å². The normalized spacial score (nSPS) is 11.2. The summed E-state index contributed by atoms with van der Waals surface area (Å²) in [5.74, 6) is -1.30. The second kappa shape index (κ2) is 6.59. The molecular weight excluding hydrogens is 380 g/mol. The smallest absolute Gasteiger partial charge is 0.267 e. The summed E-state index contributed by atoms with van der Waals surface area (Å²) < 4.78 is 29.8. The predicted octanol–water partition coefficient (Wildman–Crippen LogP) is 4.57. The van der Waals surface area contributed by atoms with E-state index in [1.807, 2.05) is 0 Å². The fourth-order valence-corrected chi connectivity index (χ4v) is 3.54. The predicted molar refractivity (Wildman–Crippen MR) is 96.3 cm³/mol. The highest BCUT2D eigenvalue weighted by atomic mass is 35.5. The number of rotatable bonds is 3. The summed E-state index contributed by atoms with van der Waals surface area (Å²) in [7, 11) is 0. The van der Waals surface area contributed by atoms with Crippen LogP contribution in [-0.2, 0) is 0 Å². The Balaban J connectivity index is 1.78. The van der Waals surface area contributed by atoms with Crippen molar-refractivity contribution in [3.05, 3.63) is 87.8 Å². The quantitative estimate of drug-likeness (QED) is 0.482. The maximum Gasteiger partial charge on any atom is 0.274 e. The molecule has 4 aromatic rings. The fraction of sp³-hybridized carbons (Fsp3) is 0. The van der Waals surface area contributed by atoms with Crippen molar-refractivity contribution >= 4 is 29.0 Å². The number of para-hydroxylation sites is 1. The molecule has 0 aliphatic heterocycles. The first kappa shape index (κ1) is 16.8. The zero-order chi connectivity index (χ0) is 18.3. The van der Waals surface area contributed by atoms with Gasteiger partial charge < -0.3 is 0 Å². The summed E-state index contributed by atoms with van der Waals surface area (Å²) >= 11 is 7.24. The number of benzene rings is 2. The lowest BCUT2D eigenvalue weighted by atomic mass is 10.3. The molecule has 8 heteroatoms. The summed E-state index contributed by atoms with van der Waals surface area (Å²) in [6, 6.07) is 13.3. The van der Waals surface area contributed by atoms with Gasteiger partial charge in [0.15, 0.2) is 5.65 Å². The SMILES string of the molecule is O=c1cc2nc(Sc3ccc(F)cc3F)ccn2n1-c1ccccc1Cl. The molecule has 0 radical (unpaired) electrons. The molecule has 0 fully saturated rings. The summed E-state index contributed by atoms with van der Waals surface area (Å²) in [5, 5.41) is 0.910. The van der Waals surface area contributed by atoms with Gasteiger partial charge in [0.05, 0.1) is 16.8 Å². The highest BCUT2D eigenvalue weighted by Crippen LogP contribution is 2.29. The van der Waals surface area contributed by atoms with Crippen molar-refractivity contribution in [2.24, 2.45) is 0 Å². The van der Waals surface area contributed by atoms with Gasteiger partial charge in [-0.2, -0.15) is 0 Å². The summed E-state index contributed by atoms with van der Waals surface area (Å²) in [6.45, 7) is 0. The van der Waals surface area contributed by atoms with Crippen molar-refractivity contribution in [3.8, 4) is 5.69 Å². The monoisotopic (exact) mass is 389 g/mol. The van der Waals surface area contributed by atoms with E-state index in [1.54, 1.807) is 41.0 Å². The summed E-state index contributed by atoms with van der Waals surface area (Å²) in [5.41, 5.74) is 0.633. The summed E-state index contributed by atoms with van der Waals surface area (Å²) in [4.78, 5) is 17.0. The van der Waals surface area contributed by atoms with E-state index >= 15 is 0 Å². The average Bonchev–Trinajstić information content (AvgIpc) is 2.93. The number of aromatic nitrogens is 3. The third kappa shape index (κ3) is 3.00. The molecule has 130 valence electrons. The van der Waals surface area contributed by atoms with E-state index in [0.29, 0.717) is 21.4 Å². The van der Waals surface area contributed by atoms with Crippen LogP contribution in [-0.4, -0.2) is 14.2 Å². The van der Waals surface area contributed by atoms with Gasteiger partial charge in [0.1, 0.15) is 16.7 Å². The van der Waals surface area contributed by atoms with E-state index in [9.17, 15) is 13.6 Å². The topological polar surface area (TPSA) is 39.3 Å². The van der Waals surface area contributed by atoms with E-state index in [-0.39, 0.29) is 10.5 Å². The second-order valence-electron chi connectivity index (χ2n) is 5.39. The van der Waals surface area contributed by atoms with Crippen molar-refractivity contribution in [3.63, 3.8) is 0 Å². The van der Waals surface area contributed by atoms with Gasteiger partial charge in [-0.15, -0.1) is 0 Å². The molecule has 4 rings (SSSR count). The van der Waals surface area contributed by atoms with Crippen molar-refractivity contribution in [2.75, 3.05) is 0 Å². The molecule has 0 amide bonds. The zero-order valence-electron chi connectivity index (χ0n) is 13.1. The Bertz CT molecular complexity index is 1190. The Morgan fingerprint density at radius 2 is 1.85 bits per heavy atom. The van der Waals surface area contributed by atoms with E-state index in [0.717, 1.165) is 17.8 Å². The minimum Gasteiger partial charge on any atom is -0.267 e. The first-order valence-electron chi connectivity index (χ1n) is 7.52. The molecule has 0 spiro atoms. The lowest BCUT2D eigenvalue weighted by Gasteiger charge is -2.08. The number of hydrogen-bond donors (Lipinski definition) is 0. The first-order valence-corrected chi connectivity index (χ1v) is 8.71. The minimum atomic E-state index is -0.664. The Morgan fingerprint density at radius 3 is 2.62 bits per heavy atom. The molecule has 0 bridgehead atoms. The van der Waals surface area contributed by atoms with Crippen molar-refractivity contribution < 1.29 is 8.78 Å². The van der Waals surface area contributed by atoms with Gasteiger partial charge in [0, 0.05) is 17.2 Å². The maximum atomic E-state index is 13.8. The molecule has 26 heavy (non-hydrogen) atoms. The van der Waals surface area contributed by atoms with Gasteiger partial charge in [-0.3, -0.25) is 4.79 Å². The summed E-state index contributed by atoms with van der Waals surface area (Å²) in [6.07, 6.45) is 1.65. The standard InChI is InChI=1S/C18H10ClF2N3OS/c19-12-3-1-2-4-14(12)24-18(25)10-16-22-17(7-8-23(16)24)26-15-6-5-11(20)9-13(15)21/h1-10H. The maximum absolute atomic E-state index is 13.8. The minimum absolute atomic E-state index is 0.246. The van der Waals surface area contributed by atoms with Crippen LogP contribution in [0, 0.1) is 11.6 Å². The van der Waals surface area contributed by atoms with Crippen LogP contribution in [0.15, 0.2) is 75.5 Å². The lowest BCUT2D eigenvalue weighted by Crippen LogP contribution is -2.17. The third-order valence-electron chi connectivity index (χ3n) is 3.68. The van der Waals surface area contributed by atoms with Gasteiger partial charge in [-0.1, -0.05) is 35.5 Å². The molecule has 2 aromatic carbocycles. The molecule has 0 atom stereocenters. The van der Waals surface area contributed by atoms with E-state index in [1.165, 1.54) is 22.9 Å². The lowest BCUT2D eigenvalue weighted by molar-refractivity contribution is 0.565. The van der Waals surface area contributed by atoms with E-state index < -0.39 is 11.6 Å². The second-order valence-corrected chi connectivity index (χ2v) is 6.86. The molecular formula is C18H10ClF2N3OS. The van der Waals surface area contributed by atoms with Crippen LogP contribution >= 0.6 is 23.4 Å². The van der Waals surface area contributed by atoms with Crippen molar-refractivity contribution in [1.29, 1.82) is 0 Å². The van der Waals surface area contributed by atoms with Crippen LogP contribution in [0.25, 0.3) is 11.3 Å². The van der Waals surface area contributed by atoms with Crippen LogP contribution in [0.3, 0.4) is 0 Å². The van der Waals surface area contributed by atoms with Crippen LogP contribution in [0.2, 0.25) is 5.02 Å². The van der Waals surface area contributed by atoms with Crippen LogP contribution < -0.4 is 5.56 Å². The Morgan fingerprint density at radius 1 is 1.04 bits per heavy atom. The Labute approximate surface area is 155 Å². The Kier molecular flexibility index (Phi) is 4.26. The average molecular weight is 390 g/mol. The highest BCUT2D eigenvalue weighted by Gasteiger charge is 2.13. The van der Waals surface area contributed by atoms with Gasteiger partial charge in [-0.05, 0) is 30.3 Å². The highest BCUT2D eigenvalue weighted by molar-refractivity contribution is 7.99. The molecule has 2 aromatic heterocycles. The Hall–Kier alpha value is -2.64. The molecule has 0 saturated carbocycles. The third-order valence-corrected chi connectivity index (χ3v) is 4.99. The van der Waals surface area contributed by atoms with Gasteiger partial charge in [-0.25, -0.2) is 23.0 Å². The van der Waals surface area contributed by atoms with E-state index in [2.05, 4.69) is 4.98 Å². The van der Waals surface area contributed by atoms with Crippen LogP contribution in [0.1, 0.15) is 0 Å². The van der Waals surface area contributed by atoms with Gasteiger partial charge in [0.2, 0.25) is 0 Å². The van der Waals surface area contributed by atoms with E-state index in [4.69, 9.17) is 11.6 Å². The fourth-order valence-electron chi connectivity index (χ4n) is 2.54. The molecule has 0 unspecified atom stereocenters. The van der Waals surface area contributed by atoms with Gasteiger partial charge in [0.25, 0.3) is 5.56 Å². The largest absolute Gasteiger partial charge is 0.274 e.